The number of esters is 1. The van der Waals surface area contributed by atoms with Gasteiger partial charge in [-0.15, -0.1) is 0 Å². The van der Waals surface area contributed by atoms with Gasteiger partial charge in [-0.05, 0) is 12.5 Å². The average Bonchev–Trinajstić information content (AvgIpc) is 2.43. The summed E-state index contributed by atoms with van der Waals surface area (Å²) < 4.78 is 5.35. The molecule has 1 fully saturated rings. The molecule has 0 bridgehead atoms. The van der Waals surface area contributed by atoms with Crippen LogP contribution >= 0.6 is 0 Å². The molecule has 0 N–H and O–H groups in total. The molecule has 0 aliphatic carbocycles. The number of amides is 1. The summed E-state index contributed by atoms with van der Waals surface area (Å²) in [7, 11) is 1.70. The SMILES string of the molecule is C[C@@H]1[C@H](c2ccccc2)OC(=O)CC(=O)N1C. The number of carbonyl (C=O) groups is 2. The van der Waals surface area contributed by atoms with E-state index in [2.05, 4.69) is 0 Å². The van der Waals surface area contributed by atoms with Crippen LogP contribution in [-0.2, 0) is 14.3 Å². The van der Waals surface area contributed by atoms with E-state index in [1.807, 2.05) is 37.3 Å². The molecule has 0 saturated carbocycles. The lowest BCUT2D eigenvalue weighted by atomic mass is 10.0. The zero-order valence-corrected chi connectivity index (χ0v) is 9.92. The summed E-state index contributed by atoms with van der Waals surface area (Å²) in [6.45, 7) is 1.88. The molecule has 90 valence electrons. The molecule has 4 heteroatoms. The van der Waals surface area contributed by atoms with Crippen molar-refractivity contribution in [1.29, 1.82) is 0 Å². The van der Waals surface area contributed by atoms with Crippen LogP contribution in [0.4, 0.5) is 0 Å². The van der Waals surface area contributed by atoms with Crippen molar-refractivity contribution >= 4 is 11.9 Å². The Balaban J connectivity index is 2.32. The summed E-state index contributed by atoms with van der Waals surface area (Å²) >= 11 is 0. The first kappa shape index (κ1) is 11.6. The van der Waals surface area contributed by atoms with Crippen molar-refractivity contribution in [3.63, 3.8) is 0 Å². The minimum atomic E-state index is -0.458. The van der Waals surface area contributed by atoms with Gasteiger partial charge in [0.15, 0.2) is 0 Å². The highest BCUT2D eigenvalue weighted by Gasteiger charge is 2.33. The van der Waals surface area contributed by atoms with Gasteiger partial charge in [0.1, 0.15) is 12.5 Å². The molecule has 2 atom stereocenters. The van der Waals surface area contributed by atoms with Crippen molar-refractivity contribution < 1.29 is 14.3 Å². The van der Waals surface area contributed by atoms with Crippen LogP contribution in [0, 0.1) is 0 Å². The summed E-state index contributed by atoms with van der Waals surface area (Å²) in [4.78, 5) is 24.7. The molecule has 1 aromatic carbocycles. The topological polar surface area (TPSA) is 46.6 Å². The lowest BCUT2D eigenvalue weighted by molar-refractivity contribution is -0.149. The predicted octanol–water partition coefficient (Wildman–Crippen LogP) is 1.52. The molecular weight excluding hydrogens is 218 g/mol. The second-order valence-corrected chi connectivity index (χ2v) is 4.24. The van der Waals surface area contributed by atoms with E-state index in [1.54, 1.807) is 11.9 Å². The van der Waals surface area contributed by atoms with Crippen molar-refractivity contribution in [2.75, 3.05) is 7.05 Å². The van der Waals surface area contributed by atoms with Crippen molar-refractivity contribution in [2.24, 2.45) is 0 Å². The van der Waals surface area contributed by atoms with E-state index in [-0.39, 0.29) is 24.5 Å². The van der Waals surface area contributed by atoms with Gasteiger partial charge >= 0.3 is 5.97 Å². The van der Waals surface area contributed by atoms with Gasteiger partial charge in [0.2, 0.25) is 5.91 Å². The van der Waals surface area contributed by atoms with Gasteiger partial charge in [-0.1, -0.05) is 30.3 Å². The largest absolute Gasteiger partial charge is 0.455 e. The molecule has 0 radical (unpaired) electrons. The summed E-state index contributed by atoms with van der Waals surface area (Å²) in [6, 6.07) is 9.33. The Kier molecular flexibility index (Phi) is 3.13. The number of likely N-dealkylation sites (N-methyl/N-ethyl adjacent to an activating group) is 1. The monoisotopic (exact) mass is 233 g/mol. The Hall–Kier alpha value is -1.84. The fourth-order valence-corrected chi connectivity index (χ4v) is 1.95. The predicted molar refractivity (Wildman–Crippen MR) is 62.1 cm³/mol. The molecule has 1 aliphatic heterocycles. The number of rotatable bonds is 1. The number of benzene rings is 1. The second kappa shape index (κ2) is 4.57. The average molecular weight is 233 g/mol. The molecular formula is C13H15NO3. The maximum Gasteiger partial charge on any atom is 0.316 e. The molecule has 2 rings (SSSR count). The highest BCUT2D eigenvalue weighted by Crippen LogP contribution is 2.27. The molecule has 0 unspecified atom stereocenters. The zero-order valence-electron chi connectivity index (χ0n) is 9.92. The lowest BCUT2D eigenvalue weighted by Crippen LogP contribution is -2.37. The van der Waals surface area contributed by atoms with E-state index >= 15 is 0 Å². The Morgan fingerprint density at radius 2 is 1.88 bits per heavy atom. The van der Waals surface area contributed by atoms with Crippen molar-refractivity contribution in [3.05, 3.63) is 35.9 Å². The van der Waals surface area contributed by atoms with E-state index in [4.69, 9.17) is 4.74 Å². The van der Waals surface area contributed by atoms with Crippen LogP contribution in [0.1, 0.15) is 25.0 Å². The fraction of sp³-hybridized carbons (Fsp3) is 0.385. The van der Waals surface area contributed by atoms with E-state index < -0.39 is 5.97 Å². The zero-order chi connectivity index (χ0) is 12.4. The summed E-state index contributed by atoms with van der Waals surface area (Å²) in [5.74, 6) is -0.652. The number of ether oxygens (including phenoxy) is 1. The van der Waals surface area contributed by atoms with Crippen LogP contribution in [0.2, 0.25) is 0 Å². The molecule has 17 heavy (non-hydrogen) atoms. The van der Waals surface area contributed by atoms with Gasteiger partial charge in [0.05, 0.1) is 6.04 Å². The van der Waals surface area contributed by atoms with Crippen molar-refractivity contribution in [1.82, 2.24) is 4.90 Å². The first-order valence-corrected chi connectivity index (χ1v) is 5.59. The third kappa shape index (κ3) is 2.30. The van der Waals surface area contributed by atoms with E-state index in [0.717, 1.165) is 5.56 Å². The normalized spacial score (nSPS) is 25.4. The molecule has 1 heterocycles. The van der Waals surface area contributed by atoms with Gasteiger partial charge in [-0.25, -0.2) is 0 Å². The van der Waals surface area contributed by atoms with Gasteiger partial charge in [0, 0.05) is 7.05 Å². The van der Waals surface area contributed by atoms with E-state index in [9.17, 15) is 9.59 Å². The van der Waals surface area contributed by atoms with Gasteiger partial charge in [-0.2, -0.15) is 0 Å². The molecule has 1 aromatic rings. The maximum absolute atomic E-state index is 11.6. The Labute approximate surface area is 100 Å². The second-order valence-electron chi connectivity index (χ2n) is 4.24. The highest BCUT2D eigenvalue weighted by atomic mass is 16.5. The van der Waals surface area contributed by atoms with E-state index in [0.29, 0.717) is 0 Å². The third-order valence-corrected chi connectivity index (χ3v) is 3.12. The van der Waals surface area contributed by atoms with E-state index in [1.165, 1.54) is 0 Å². The number of hydrogen-bond donors (Lipinski definition) is 0. The Morgan fingerprint density at radius 1 is 1.24 bits per heavy atom. The first-order chi connectivity index (χ1) is 8.09. The third-order valence-electron chi connectivity index (χ3n) is 3.12. The van der Waals surface area contributed by atoms with Gasteiger partial charge in [-0.3, -0.25) is 9.59 Å². The number of carbonyl (C=O) groups excluding carboxylic acids is 2. The van der Waals surface area contributed by atoms with Crippen LogP contribution < -0.4 is 0 Å². The van der Waals surface area contributed by atoms with Gasteiger partial charge < -0.3 is 9.64 Å². The molecule has 4 nitrogen and oxygen atoms in total. The number of cyclic esters (lactones) is 1. The van der Waals surface area contributed by atoms with Crippen LogP contribution in [0.3, 0.4) is 0 Å². The summed E-state index contributed by atoms with van der Waals surface area (Å²) in [5.41, 5.74) is 0.912. The minimum Gasteiger partial charge on any atom is -0.455 e. The number of hydrogen-bond acceptors (Lipinski definition) is 3. The van der Waals surface area contributed by atoms with Crippen LogP contribution in [0.5, 0.6) is 0 Å². The quantitative estimate of drug-likeness (QED) is 0.546. The summed E-state index contributed by atoms with van der Waals surface area (Å²) in [6.07, 6.45) is -0.565. The van der Waals surface area contributed by atoms with Crippen LogP contribution in [0.15, 0.2) is 30.3 Å². The van der Waals surface area contributed by atoms with Gasteiger partial charge in [0.25, 0.3) is 0 Å². The minimum absolute atomic E-state index is 0.156. The summed E-state index contributed by atoms with van der Waals surface area (Å²) in [5, 5.41) is 0. The van der Waals surface area contributed by atoms with Crippen molar-refractivity contribution in [2.45, 2.75) is 25.5 Å². The lowest BCUT2D eigenvalue weighted by Gasteiger charge is -2.28. The highest BCUT2D eigenvalue weighted by molar-refractivity contribution is 5.95. The van der Waals surface area contributed by atoms with Crippen LogP contribution in [0.25, 0.3) is 0 Å². The standard InChI is InChI=1S/C13H15NO3/c1-9-13(10-6-4-3-5-7-10)17-12(16)8-11(15)14(9)2/h3-7,9,13H,8H2,1-2H3/t9-,13-/m1/s1. The molecule has 1 amide bonds. The molecule has 1 aliphatic rings. The Morgan fingerprint density at radius 3 is 2.53 bits per heavy atom. The molecule has 0 spiro atoms. The van der Waals surface area contributed by atoms with Crippen molar-refractivity contribution in [3.8, 4) is 0 Å². The first-order valence-electron chi connectivity index (χ1n) is 5.59. The smallest absolute Gasteiger partial charge is 0.316 e. The van der Waals surface area contributed by atoms with Crippen LogP contribution in [-0.4, -0.2) is 29.9 Å². The maximum atomic E-state index is 11.6. The Bertz CT molecular complexity index is 430. The molecule has 1 saturated heterocycles. The number of nitrogens with zero attached hydrogens (tertiary/aromatic N) is 1. The molecule has 0 aromatic heterocycles. The fourth-order valence-electron chi connectivity index (χ4n) is 1.95.